The molecule has 0 bridgehead atoms. The topological polar surface area (TPSA) is 119 Å². The van der Waals surface area contributed by atoms with Gasteiger partial charge in [-0.05, 0) is 49.7 Å². The fourth-order valence-electron chi connectivity index (χ4n) is 3.14. The molecule has 0 fully saturated rings. The van der Waals surface area contributed by atoms with Crippen LogP contribution in [0.4, 0.5) is 5.69 Å². The van der Waals surface area contributed by atoms with Gasteiger partial charge in [-0.15, -0.1) is 0 Å². The molecule has 0 spiro atoms. The molecule has 0 aromatic heterocycles. The average molecular weight is 404 g/mol. The molecule has 3 rings (SSSR count). The molecule has 0 saturated heterocycles. The lowest BCUT2D eigenvalue weighted by Crippen LogP contribution is -2.35. The minimum atomic E-state index is -0.395. The second-order valence-corrected chi connectivity index (χ2v) is 7.10. The van der Waals surface area contributed by atoms with Crippen LogP contribution >= 0.6 is 0 Å². The molecule has 0 radical (unpaired) electrons. The van der Waals surface area contributed by atoms with Crippen molar-refractivity contribution in [2.45, 2.75) is 32.9 Å². The summed E-state index contributed by atoms with van der Waals surface area (Å²) in [5, 5.41) is 13.9. The monoisotopic (exact) mass is 404 g/mol. The molecule has 0 atom stereocenters. The molecule has 0 saturated carbocycles. The quantitative estimate of drug-likeness (QED) is 0.717. The Labute approximate surface area is 173 Å². The minimum Gasteiger partial charge on any atom is -0.348 e. The molecule has 1 heterocycles. The van der Waals surface area contributed by atoms with E-state index in [0.717, 1.165) is 5.56 Å². The van der Waals surface area contributed by atoms with Crippen molar-refractivity contribution in [2.24, 2.45) is 0 Å². The van der Waals surface area contributed by atoms with Gasteiger partial charge in [0.2, 0.25) is 5.91 Å². The van der Waals surface area contributed by atoms with Crippen molar-refractivity contribution in [3.63, 3.8) is 0 Å². The molecule has 0 aliphatic carbocycles. The van der Waals surface area contributed by atoms with Crippen LogP contribution in [-0.4, -0.2) is 34.6 Å². The van der Waals surface area contributed by atoms with Gasteiger partial charge in [0.25, 0.3) is 17.7 Å². The summed E-state index contributed by atoms with van der Waals surface area (Å²) in [4.78, 5) is 49.9. The summed E-state index contributed by atoms with van der Waals surface area (Å²) < 4.78 is 0. The van der Waals surface area contributed by atoms with Crippen molar-refractivity contribution in [1.29, 1.82) is 5.26 Å². The van der Waals surface area contributed by atoms with Crippen molar-refractivity contribution < 1.29 is 19.2 Å². The van der Waals surface area contributed by atoms with Crippen molar-refractivity contribution in [2.75, 3.05) is 5.32 Å². The van der Waals surface area contributed by atoms with E-state index in [-0.39, 0.29) is 42.3 Å². The number of amides is 4. The van der Waals surface area contributed by atoms with E-state index in [2.05, 4.69) is 10.6 Å². The van der Waals surface area contributed by atoms with Crippen molar-refractivity contribution in [1.82, 2.24) is 10.2 Å². The van der Waals surface area contributed by atoms with Crippen molar-refractivity contribution in [3.8, 4) is 6.07 Å². The van der Waals surface area contributed by atoms with Crippen LogP contribution in [0.1, 0.15) is 56.9 Å². The highest BCUT2D eigenvalue weighted by Gasteiger charge is 2.37. The molecule has 2 aromatic carbocycles. The highest BCUT2D eigenvalue weighted by atomic mass is 16.2. The Kier molecular flexibility index (Phi) is 5.93. The van der Waals surface area contributed by atoms with Gasteiger partial charge in [0.1, 0.15) is 6.42 Å². The highest BCUT2D eigenvalue weighted by molar-refractivity contribution is 6.22. The summed E-state index contributed by atoms with van der Waals surface area (Å²) in [5.74, 6) is -1.50. The minimum absolute atomic E-state index is 0.221. The Morgan fingerprint density at radius 2 is 1.70 bits per heavy atom. The van der Waals surface area contributed by atoms with E-state index in [1.807, 2.05) is 0 Å². The van der Waals surface area contributed by atoms with Crippen LogP contribution in [0, 0.1) is 11.3 Å². The van der Waals surface area contributed by atoms with Crippen LogP contribution in [0.5, 0.6) is 0 Å². The maximum absolute atomic E-state index is 12.5. The number of nitrogens with zero attached hydrogens (tertiary/aromatic N) is 2. The van der Waals surface area contributed by atoms with Gasteiger partial charge < -0.3 is 10.6 Å². The van der Waals surface area contributed by atoms with E-state index in [1.54, 1.807) is 44.2 Å². The predicted molar refractivity (Wildman–Crippen MR) is 109 cm³/mol. The van der Waals surface area contributed by atoms with Crippen LogP contribution in [0.25, 0.3) is 0 Å². The number of carbonyl (C=O) groups is 4. The normalized spacial score (nSPS) is 12.5. The third-order valence-corrected chi connectivity index (χ3v) is 4.63. The Hall–Kier alpha value is -3.99. The van der Waals surface area contributed by atoms with Crippen LogP contribution in [-0.2, 0) is 11.3 Å². The molecular formula is C22H20N4O4. The molecule has 1 aliphatic rings. The highest BCUT2D eigenvalue weighted by Crippen LogP contribution is 2.25. The first-order chi connectivity index (χ1) is 14.3. The van der Waals surface area contributed by atoms with Crippen LogP contribution in [0.2, 0.25) is 0 Å². The number of hydrogen-bond donors (Lipinski definition) is 2. The first-order valence-electron chi connectivity index (χ1n) is 9.37. The van der Waals surface area contributed by atoms with Gasteiger partial charge in [-0.25, -0.2) is 0 Å². The van der Waals surface area contributed by atoms with Crippen LogP contribution < -0.4 is 10.6 Å². The molecule has 8 nitrogen and oxygen atoms in total. The summed E-state index contributed by atoms with van der Waals surface area (Å²) in [6, 6.07) is 12.8. The van der Waals surface area contributed by atoms with Crippen LogP contribution in [0.3, 0.4) is 0 Å². The van der Waals surface area contributed by atoms with Gasteiger partial charge in [-0.3, -0.25) is 24.1 Å². The number of carbonyl (C=O) groups excluding carboxylic acids is 4. The van der Waals surface area contributed by atoms with Gasteiger partial charge >= 0.3 is 0 Å². The van der Waals surface area contributed by atoms with Gasteiger partial charge in [0.05, 0.1) is 17.2 Å². The van der Waals surface area contributed by atoms with E-state index >= 15 is 0 Å². The lowest BCUT2D eigenvalue weighted by Gasteiger charge is -2.17. The number of hydrogen-bond acceptors (Lipinski definition) is 5. The third kappa shape index (κ3) is 4.20. The summed E-state index contributed by atoms with van der Waals surface area (Å²) in [5.41, 5.74) is 2.20. The van der Waals surface area contributed by atoms with E-state index in [4.69, 9.17) is 5.26 Å². The zero-order valence-corrected chi connectivity index (χ0v) is 16.6. The molecule has 4 amide bonds. The fourth-order valence-corrected chi connectivity index (χ4v) is 3.14. The number of nitriles is 1. The van der Waals surface area contributed by atoms with E-state index in [0.29, 0.717) is 16.8 Å². The van der Waals surface area contributed by atoms with Crippen LogP contribution in [0.15, 0.2) is 42.5 Å². The Morgan fingerprint density at radius 3 is 2.33 bits per heavy atom. The maximum Gasteiger partial charge on any atom is 0.261 e. The molecular weight excluding hydrogens is 384 g/mol. The first-order valence-corrected chi connectivity index (χ1v) is 9.37. The Balaban J connectivity index is 1.64. The largest absolute Gasteiger partial charge is 0.348 e. The lowest BCUT2D eigenvalue weighted by molar-refractivity contribution is -0.115. The molecule has 30 heavy (non-hydrogen) atoms. The molecule has 2 aromatic rings. The summed E-state index contributed by atoms with van der Waals surface area (Å²) in [6.45, 7) is 3.76. The zero-order valence-electron chi connectivity index (χ0n) is 16.6. The standard InChI is InChI=1S/C22H20N4O4/c1-13(2)26-21(29)17-8-5-15(11-18(17)22(26)30)20(28)24-12-14-3-6-16(7-4-14)25-19(27)9-10-23/h3-8,11,13H,9,12H2,1-2H3,(H,24,28)(H,25,27). The molecule has 152 valence electrons. The number of anilines is 1. The first kappa shape index (κ1) is 20.7. The molecule has 0 unspecified atom stereocenters. The van der Waals surface area contributed by atoms with Gasteiger partial charge in [0.15, 0.2) is 0 Å². The maximum atomic E-state index is 12.5. The number of nitrogens with one attached hydrogen (secondary N) is 2. The molecule has 2 N–H and O–H groups in total. The Morgan fingerprint density at radius 1 is 1.03 bits per heavy atom. The number of fused-ring (bicyclic) bond motifs is 1. The van der Waals surface area contributed by atoms with E-state index in [9.17, 15) is 19.2 Å². The smallest absolute Gasteiger partial charge is 0.261 e. The van der Waals surface area contributed by atoms with Gasteiger partial charge in [0, 0.05) is 23.8 Å². The van der Waals surface area contributed by atoms with Gasteiger partial charge in [-0.1, -0.05) is 12.1 Å². The van der Waals surface area contributed by atoms with Crippen molar-refractivity contribution in [3.05, 3.63) is 64.7 Å². The summed E-state index contributed by atoms with van der Waals surface area (Å²) >= 11 is 0. The number of benzene rings is 2. The predicted octanol–water partition coefficient (Wildman–Crippen LogP) is 2.47. The summed E-state index contributed by atoms with van der Waals surface area (Å²) in [6.07, 6.45) is -0.221. The second-order valence-electron chi connectivity index (χ2n) is 7.10. The molecule has 8 heteroatoms. The second kappa shape index (κ2) is 8.57. The third-order valence-electron chi connectivity index (χ3n) is 4.63. The molecule has 1 aliphatic heterocycles. The SMILES string of the molecule is CC(C)N1C(=O)c2ccc(C(=O)NCc3ccc(NC(=O)CC#N)cc3)cc2C1=O. The zero-order chi connectivity index (χ0) is 21.8. The van der Waals surface area contributed by atoms with Crippen molar-refractivity contribution >= 4 is 29.3 Å². The number of imide groups is 1. The fraction of sp³-hybridized carbons (Fsp3) is 0.227. The average Bonchev–Trinajstić information content (AvgIpc) is 2.97. The summed E-state index contributed by atoms with van der Waals surface area (Å²) in [7, 11) is 0. The Bertz CT molecular complexity index is 1070. The van der Waals surface area contributed by atoms with E-state index < -0.39 is 5.91 Å². The van der Waals surface area contributed by atoms with E-state index in [1.165, 1.54) is 23.1 Å². The number of rotatable bonds is 6. The van der Waals surface area contributed by atoms with Gasteiger partial charge in [-0.2, -0.15) is 5.26 Å². The lowest BCUT2D eigenvalue weighted by atomic mass is 10.1.